The normalized spacial score (nSPS) is 27.3. The fraction of sp³-hybridized carbons (Fsp3) is 0.600. The molecule has 0 radical (unpaired) electrons. The largest absolute Gasteiger partial charge is 0.487 e. The van der Waals surface area contributed by atoms with E-state index in [1.54, 1.807) is 0 Å². The van der Waals surface area contributed by atoms with Gasteiger partial charge in [0.25, 0.3) is 0 Å². The lowest BCUT2D eigenvalue weighted by Crippen LogP contribution is -2.25. The summed E-state index contributed by atoms with van der Waals surface area (Å²) in [6, 6.07) is 7.64. The molecular weight excluding hydrogens is 260 g/mol. The van der Waals surface area contributed by atoms with Crippen molar-refractivity contribution in [1.82, 2.24) is 0 Å². The van der Waals surface area contributed by atoms with E-state index in [2.05, 4.69) is 0 Å². The summed E-state index contributed by atoms with van der Waals surface area (Å²) in [7, 11) is 0. The minimum absolute atomic E-state index is 0.0511. The zero-order valence-electron chi connectivity index (χ0n) is 11.8. The Morgan fingerprint density at radius 1 is 1.05 bits per heavy atom. The van der Waals surface area contributed by atoms with Gasteiger partial charge < -0.3 is 23.7 Å². The number of hydrogen-bond acceptors (Lipinski definition) is 5. The lowest BCUT2D eigenvalue weighted by molar-refractivity contribution is -0.141. The second kappa shape index (κ2) is 5.60. The molecule has 0 N–H and O–H groups in total. The van der Waals surface area contributed by atoms with Gasteiger partial charge in [-0.3, -0.25) is 0 Å². The van der Waals surface area contributed by atoms with Crippen LogP contribution >= 0.6 is 0 Å². The maximum absolute atomic E-state index is 5.80. The SMILES string of the molecule is CC1(C)OC[C@H](COc2ccccc2OC[C@@H]2CO2)O1. The Kier molecular flexibility index (Phi) is 3.83. The van der Waals surface area contributed by atoms with E-state index in [1.807, 2.05) is 38.1 Å². The third kappa shape index (κ3) is 3.62. The Morgan fingerprint density at radius 3 is 2.15 bits per heavy atom. The van der Waals surface area contributed by atoms with Gasteiger partial charge in [-0.2, -0.15) is 0 Å². The highest BCUT2D eigenvalue weighted by Crippen LogP contribution is 2.29. The Hall–Kier alpha value is -1.30. The third-order valence-electron chi connectivity index (χ3n) is 3.17. The lowest BCUT2D eigenvalue weighted by Gasteiger charge is -2.18. The highest BCUT2D eigenvalue weighted by Gasteiger charge is 2.33. The molecule has 5 heteroatoms. The van der Waals surface area contributed by atoms with E-state index < -0.39 is 5.79 Å². The van der Waals surface area contributed by atoms with Crippen molar-refractivity contribution in [1.29, 1.82) is 0 Å². The Balaban J connectivity index is 1.53. The Labute approximate surface area is 118 Å². The minimum Gasteiger partial charge on any atom is -0.487 e. The maximum Gasteiger partial charge on any atom is 0.163 e. The zero-order valence-corrected chi connectivity index (χ0v) is 11.8. The van der Waals surface area contributed by atoms with Crippen LogP contribution in [0.25, 0.3) is 0 Å². The third-order valence-corrected chi connectivity index (χ3v) is 3.17. The van der Waals surface area contributed by atoms with Gasteiger partial charge in [0.15, 0.2) is 17.3 Å². The number of para-hydroxylation sites is 2. The Bertz CT molecular complexity index is 455. The van der Waals surface area contributed by atoms with Crippen LogP contribution in [0.15, 0.2) is 24.3 Å². The van der Waals surface area contributed by atoms with Crippen molar-refractivity contribution in [2.45, 2.75) is 31.8 Å². The van der Waals surface area contributed by atoms with Crippen LogP contribution in [0.5, 0.6) is 11.5 Å². The lowest BCUT2D eigenvalue weighted by atomic mass is 10.3. The summed E-state index contributed by atoms with van der Waals surface area (Å²) in [4.78, 5) is 0. The standard InChI is InChI=1S/C15H20O5/c1-15(2)19-10-12(20-15)9-18-14-6-4-3-5-13(14)17-8-11-7-16-11/h3-6,11-12H,7-10H2,1-2H3/t11-,12-/m0/s1. The van der Waals surface area contributed by atoms with Crippen LogP contribution in [0.3, 0.4) is 0 Å². The first kappa shape index (κ1) is 13.7. The number of ether oxygens (including phenoxy) is 5. The summed E-state index contributed by atoms with van der Waals surface area (Å²) in [6.07, 6.45) is 0.181. The molecule has 0 amide bonds. The molecule has 2 fully saturated rings. The first-order valence-corrected chi connectivity index (χ1v) is 6.90. The highest BCUT2D eigenvalue weighted by atomic mass is 16.7. The predicted octanol–water partition coefficient (Wildman–Crippen LogP) is 1.99. The van der Waals surface area contributed by atoms with Gasteiger partial charge in [-0.25, -0.2) is 0 Å². The molecule has 110 valence electrons. The van der Waals surface area contributed by atoms with Crippen molar-refractivity contribution in [3.63, 3.8) is 0 Å². The van der Waals surface area contributed by atoms with Gasteiger partial charge in [-0.1, -0.05) is 12.1 Å². The van der Waals surface area contributed by atoms with Crippen molar-refractivity contribution >= 4 is 0 Å². The van der Waals surface area contributed by atoms with Gasteiger partial charge in [0.05, 0.1) is 13.2 Å². The maximum atomic E-state index is 5.80. The van der Waals surface area contributed by atoms with E-state index >= 15 is 0 Å². The summed E-state index contributed by atoms with van der Waals surface area (Å²) in [5.41, 5.74) is 0. The molecule has 20 heavy (non-hydrogen) atoms. The second-order valence-electron chi connectivity index (χ2n) is 5.47. The molecule has 2 aliphatic heterocycles. The van der Waals surface area contributed by atoms with E-state index in [-0.39, 0.29) is 12.2 Å². The summed E-state index contributed by atoms with van der Waals surface area (Å²) in [5, 5.41) is 0. The predicted molar refractivity (Wildman–Crippen MR) is 72.1 cm³/mol. The van der Waals surface area contributed by atoms with E-state index in [9.17, 15) is 0 Å². The average Bonchev–Trinajstić information content (AvgIpc) is 3.19. The van der Waals surface area contributed by atoms with E-state index in [1.165, 1.54) is 0 Å². The second-order valence-corrected chi connectivity index (χ2v) is 5.47. The van der Waals surface area contributed by atoms with Crippen LogP contribution in [0.4, 0.5) is 0 Å². The van der Waals surface area contributed by atoms with Crippen LogP contribution < -0.4 is 9.47 Å². The molecule has 1 aromatic carbocycles. The number of hydrogen-bond donors (Lipinski definition) is 0. The van der Waals surface area contributed by atoms with Crippen molar-refractivity contribution in [2.24, 2.45) is 0 Å². The van der Waals surface area contributed by atoms with Gasteiger partial charge in [0, 0.05) is 0 Å². The van der Waals surface area contributed by atoms with Crippen molar-refractivity contribution < 1.29 is 23.7 Å². The fourth-order valence-electron chi connectivity index (χ4n) is 2.06. The molecule has 5 nitrogen and oxygen atoms in total. The molecule has 0 spiro atoms. The number of benzene rings is 1. The van der Waals surface area contributed by atoms with E-state index in [4.69, 9.17) is 23.7 Å². The van der Waals surface area contributed by atoms with Crippen LogP contribution in [-0.4, -0.2) is 44.4 Å². The minimum atomic E-state index is -0.520. The molecule has 2 heterocycles. The van der Waals surface area contributed by atoms with Crippen molar-refractivity contribution in [3.8, 4) is 11.5 Å². The van der Waals surface area contributed by atoms with Crippen molar-refractivity contribution in [3.05, 3.63) is 24.3 Å². The summed E-state index contributed by atoms with van der Waals surface area (Å²) < 4.78 is 27.8. The van der Waals surface area contributed by atoms with Gasteiger partial charge >= 0.3 is 0 Å². The molecule has 0 aromatic heterocycles. The molecule has 0 aliphatic carbocycles. The molecule has 2 atom stereocenters. The van der Waals surface area contributed by atoms with Crippen molar-refractivity contribution in [2.75, 3.05) is 26.4 Å². The molecule has 2 aliphatic rings. The molecule has 0 saturated carbocycles. The monoisotopic (exact) mass is 280 g/mol. The van der Waals surface area contributed by atoms with Crippen LogP contribution in [-0.2, 0) is 14.2 Å². The fourth-order valence-corrected chi connectivity index (χ4v) is 2.06. The number of rotatable bonds is 6. The molecule has 3 rings (SSSR count). The van der Waals surface area contributed by atoms with E-state index in [0.29, 0.717) is 19.8 Å². The number of epoxide rings is 1. The van der Waals surface area contributed by atoms with Crippen LogP contribution in [0.1, 0.15) is 13.8 Å². The topological polar surface area (TPSA) is 49.5 Å². The van der Waals surface area contributed by atoms with Gasteiger partial charge in [0.2, 0.25) is 0 Å². The van der Waals surface area contributed by atoms with Crippen LogP contribution in [0, 0.1) is 0 Å². The molecule has 0 unspecified atom stereocenters. The molecule has 0 bridgehead atoms. The van der Waals surface area contributed by atoms with Gasteiger partial charge in [0.1, 0.15) is 25.4 Å². The van der Waals surface area contributed by atoms with Gasteiger partial charge in [-0.05, 0) is 26.0 Å². The first-order chi connectivity index (χ1) is 9.62. The summed E-state index contributed by atoms with van der Waals surface area (Å²) >= 11 is 0. The smallest absolute Gasteiger partial charge is 0.163 e. The summed E-state index contributed by atoms with van der Waals surface area (Å²) in [6.45, 7) is 6.15. The van der Waals surface area contributed by atoms with E-state index in [0.717, 1.165) is 18.1 Å². The molecular formula is C15H20O5. The quantitative estimate of drug-likeness (QED) is 0.746. The molecule has 2 saturated heterocycles. The summed E-state index contributed by atoms with van der Waals surface area (Å²) in [5.74, 6) is 0.940. The Morgan fingerprint density at radius 2 is 1.65 bits per heavy atom. The highest BCUT2D eigenvalue weighted by molar-refractivity contribution is 5.39. The van der Waals surface area contributed by atoms with Gasteiger partial charge in [-0.15, -0.1) is 0 Å². The molecule has 1 aromatic rings. The average molecular weight is 280 g/mol. The van der Waals surface area contributed by atoms with Crippen LogP contribution in [0.2, 0.25) is 0 Å². The first-order valence-electron chi connectivity index (χ1n) is 6.90. The zero-order chi connectivity index (χ0) is 14.0.